The molecule has 1 N–H and O–H groups in total. The molecule has 0 unspecified atom stereocenters. The Morgan fingerprint density at radius 2 is 2.00 bits per heavy atom. The molecule has 1 aromatic carbocycles. The van der Waals surface area contributed by atoms with Crippen molar-refractivity contribution in [2.75, 3.05) is 6.61 Å². The maximum absolute atomic E-state index is 11.0. The monoisotopic (exact) mass is 252 g/mol. The van der Waals surface area contributed by atoms with E-state index in [0.29, 0.717) is 0 Å². The van der Waals surface area contributed by atoms with Crippen molar-refractivity contribution in [2.24, 2.45) is 0 Å². The SMILES string of the molecule is C=C(C)COc1ccccc1S(=O)(=O)O.[NaH]. The van der Waals surface area contributed by atoms with E-state index in [9.17, 15) is 8.42 Å². The van der Waals surface area contributed by atoms with Crippen LogP contribution in [-0.4, -0.2) is 49.1 Å². The molecule has 0 amide bonds. The van der Waals surface area contributed by atoms with Crippen LogP contribution < -0.4 is 4.74 Å². The van der Waals surface area contributed by atoms with E-state index in [2.05, 4.69) is 6.58 Å². The summed E-state index contributed by atoms with van der Waals surface area (Å²) < 4.78 is 36.0. The second-order valence-electron chi connectivity index (χ2n) is 3.17. The number of ether oxygens (including phenoxy) is 1. The molecular formula is C10H13NaO4S. The Morgan fingerprint density at radius 3 is 2.50 bits per heavy atom. The molecule has 0 atom stereocenters. The molecule has 16 heavy (non-hydrogen) atoms. The van der Waals surface area contributed by atoms with Crippen LogP contribution in [0.3, 0.4) is 0 Å². The second-order valence-corrected chi connectivity index (χ2v) is 4.56. The van der Waals surface area contributed by atoms with Gasteiger partial charge in [-0.3, -0.25) is 4.55 Å². The Labute approximate surface area is 117 Å². The molecule has 0 radical (unpaired) electrons. The van der Waals surface area contributed by atoms with Gasteiger partial charge in [-0.2, -0.15) is 8.42 Å². The van der Waals surface area contributed by atoms with Gasteiger partial charge in [0.1, 0.15) is 17.3 Å². The Bertz CT molecular complexity index is 467. The average Bonchev–Trinajstić information content (AvgIpc) is 2.13. The van der Waals surface area contributed by atoms with Gasteiger partial charge >= 0.3 is 29.6 Å². The van der Waals surface area contributed by atoms with Gasteiger partial charge in [-0.15, -0.1) is 0 Å². The van der Waals surface area contributed by atoms with Crippen molar-refractivity contribution in [3.05, 3.63) is 36.4 Å². The van der Waals surface area contributed by atoms with Gasteiger partial charge in [0.15, 0.2) is 0 Å². The van der Waals surface area contributed by atoms with E-state index in [0.717, 1.165) is 5.57 Å². The number of para-hydroxylation sites is 1. The minimum atomic E-state index is -4.24. The first-order valence-corrected chi connectivity index (χ1v) is 5.69. The van der Waals surface area contributed by atoms with Crippen molar-refractivity contribution in [1.29, 1.82) is 0 Å². The molecule has 0 spiro atoms. The van der Waals surface area contributed by atoms with Crippen molar-refractivity contribution in [2.45, 2.75) is 11.8 Å². The van der Waals surface area contributed by atoms with E-state index in [1.165, 1.54) is 18.2 Å². The number of hydrogen-bond acceptors (Lipinski definition) is 3. The average molecular weight is 252 g/mol. The summed E-state index contributed by atoms with van der Waals surface area (Å²) in [7, 11) is -4.24. The maximum atomic E-state index is 11.0. The summed E-state index contributed by atoms with van der Waals surface area (Å²) in [6.45, 7) is 5.60. The zero-order chi connectivity index (χ0) is 11.5. The zero-order valence-corrected chi connectivity index (χ0v) is 9.12. The fourth-order valence-corrected chi connectivity index (χ4v) is 1.62. The van der Waals surface area contributed by atoms with E-state index in [1.807, 2.05) is 0 Å². The number of rotatable bonds is 4. The second kappa shape index (κ2) is 6.42. The first-order valence-electron chi connectivity index (χ1n) is 4.25. The summed E-state index contributed by atoms with van der Waals surface area (Å²) in [5.41, 5.74) is 0.764. The zero-order valence-electron chi connectivity index (χ0n) is 8.30. The number of hydrogen-bond donors (Lipinski definition) is 1. The summed E-state index contributed by atoms with van der Waals surface area (Å²) in [6.07, 6.45) is 0. The van der Waals surface area contributed by atoms with Gasteiger partial charge in [0, 0.05) is 0 Å². The van der Waals surface area contributed by atoms with Crippen LogP contribution in [0.1, 0.15) is 6.92 Å². The Hall–Kier alpha value is -0.330. The summed E-state index contributed by atoms with van der Waals surface area (Å²) in [4.78, 5) is -0.230. The molecule has 0 bridgehead atoms. The third kappa shape index (κ3) is 4.67. The third-order valence-electron chi connectivity index (χ3n) is 1.60. The predicted octanol–water partition coefficient (Wildman–Crippen LogP) is 1.24. The van der Waals surface area contributed by atoms with Gasteiger partial charge in [-0.25, -0.2) is 0 Å². The molecule has 4 nitrogen and oxygen atoms in total. The quantitative estimate of drug-likeness (QED) is 0.497. The van der Waals surface area contributed by atoms with E-state index in [-0.39, 0.29) is 46.8 Å². The van der Waals surface area contributed by atoms with E-state index in [1.54, 1.807) is 13.0 Å². The van der Waals surface area contributed by atoms with E-state index in [4.69, 9.17) is 9.29 Å². The van der Waals surface area contributed by atoms with Crippen molar-refractivity contribution in [3.8, 4) is 5.75 Å². The van der Waals surface area contributed by atoms with Crippen LogP contribution in [0.25, 0.3) is 0 Å². The van der Waals surface area contributed by atoms with Crippen molar-refractivity contribution in [3.63, 3.8) is 0 Å². The van der Waals surface area contributed by atoms with Gasteiger partial charge in [0.2, 0.25) is 0 Å². The first kappa shape index (κ1) is 15.7. The Morgan fingerprint density at radius 1 is 1.44 bits per heavy atom. The minimum absolute atomic E-state index is 0. The molecule has 0 heterocycles. The first-order chi connectivity index (χ1) is 6.91. The summed E-state index contributed by atoms with van der Waals surface area (Å²) in [6, 6.07) is 5.90. The van der Waals surface area contributed by atoms with Crippen molar-refractivity contribution >= 4 is 39.7 Å². The third-order valence-corrected chi connectivity index (χ3v) is 2.49. The Kier molecular flexibility index (Phi) is 6.28. The van der Waals surface area contributed by atoms with Crippen LogP contribution in [0.5, 0.6) is 5.75 Å². The van der Waals surface area contributed by atoms with Crippen molar-refractivity contribution in [1.82, 2.24) is 0 Å². The topological polar surface area (TPSA) is 63.6 Å². The van der Waals surface area contributed by atoms with E-state index < -0.39 is 10.1 Å². The number of benzene rings is 1. The molecule has 0 aromatic heterocycles. The van der Waals surface area contributed by atoms with E-state index >= 15 is 0 Å². The summed E-state index contributed by atoms with van der Waals surface area (Å²) >= 11 is 0. The molecule has 0 aliphatic heterocycles. The van der Waals surface area contributed by atoms with Crippen molar-refractivity contribution < 1.29 is 17.7 Å². The molecule has 0 aliphatic rings. The molecule has 0 aliphatic carbocycles. The van der Waals surface area contributed by atoms with Gasteiger partial charge in [0.25, 0.3) is 10.1 Å². The molecule has 1 aromatic rings. The van der Waals surface area contributed by atoms with Crippen LogP contribution in [0, 0.1) is 0 Å². The van der Waals surface area contributed by atoms with Gasteiger partial charge in [-0.05, 0) is 24.6 Å². The fraction of sp³-hybridized carbons (Fsp3) is 0.200. The fourth-order valence-electron chi connectivity index (χ4n) is 0.983. The normalized spacial score (nSPS) is 10.4. The van der Waals surface area contributed by atoms with Crippen LogP contribution in [0.2, 0.25) is 0 Å². The van der Waals surface area contributed by atoms with Crippen LogP contribution in [0.15, 0.2) is 41.3 Å². The van der Waals surface area contributed by atoms with Gasteiger partial charge in [0.05, 0.1) is 0 Å². The predicted molar refractivity (Wildman–Crippen MR) is 63.7 cm³/mol. The molecule has 0 fully saturated rings. The molecule has 0 saturated carbocycles. The summed E-state index contributed by atoms with van der Waals surface area (Å²) in [5.74, 6) is 0.128. The van der Waals surface area contributed by atoms with Crippen LogP contribution in [0.4, 0.5) is 0 Å². The van der Waals surface area contributed by atoms with Crippen LogP contribution in [-0.2, 0) is 10.1 Å². The molecule has 84 valence electrons. The van der Waals surface area contributed by atoms with Crippen LogP contribution >= 0.6 is 0 Å². The van der Waals surface area contributed by atoms with Gasteiger partial charge < -0.3 is 4.74 Å². The summed E-state index contributed by atoms with van der Waals surface area (Å²) in [5, 5.41) is 0. The molecule has 1 rings (SSSR count). The molecule has 6 heteroatoms. The van der Waals surface area contributed by atoms with Gasteiger partial charge in [-0.1, -0.05) is 18.7 Å². The molecular weight excluding hydrogens is 239 g/mol. The Balaban J connectivity index is 0.00000225. The molecule has 0 saturated heterocycles. The standard InChI is InChI=1S/C10H12O4S.Na.H/c1-8(2)7-14-9-5-3-4-6-10(9)15(11,12)13;;/h3-6H,1,7H2,2H3,(H,11,12,13);;.